The van der Waals surface area contributed by atoms with Crippen molar-refractivity contribution in [1.82, 2.24) is 19.9 Å². The van der Waals surface area contributed by atoms with Crippen LogP contribution in [0, 0.1) is 24.0 Å². The van der Waals surface area contributed by atoms with Crippen LogP contribution in [0.5, 0.6) is 11.8 Å². The molecular weight excluding hydrogens is 559 g/mol. The number of phenolic OH excluding ortho intramolecular Hbond substituents is 1. The molecule has 2 aromatic carbocycles. The van der Waals surface area contributed by atoms with Gasteiger partial charge in [0.2, 0.25) is 0 Å². The molecule has 0 saturated carbocycles. The van der Waals surface area contributed by atoms with Gasteiger partial charge < -0.3 is 19.8 Å². The summed E-state index contributed by atoms with van der Waals surface area (Å²) in [5.41, 5.74) is -0.130. The molecule has 0 radical (unpaired) electrons. The Kier molecular flexibility index (Phi) is 7.99. The molecule has 2 aromatic heterocycles. The number of fused-ring (bicyclic) bond motifs is 3. The number of hydrogen-bond donors (Lipinski definition) is 2. The molecule has 0 amide bonds. The summed E-state index contributed by atoms with van der Waals surface area (Å²) in [6.07, 6.45) is 10.7. The lowest BCUT2D eigenvalue weighted by Crippen LogP contribution is -2.38. The van der Waals surface area contributed by atoms with Gasteiger partial charge in [-0.15, -0.1) is 6.42 Å². The van der Waals surface area contributed by atoms with Crippen molar-refractivity contribution in [1.29, 1.82) is 0 Å². The smallest absolute Gasteiger partial charge is 0.318 e. The van der Waals surface area contributed by atoms with Gasteiger partial charge in [0.25, 0.3) is 0 Å². The molecule has 3 fully saturated rings. The molecular formula is C32H32F3N5O3. The molecule has 3 atom stereocenters. The van der Waals surface area contributed by atoms with Gasteiger partial charge in [-0.25, -0.2) is 13.2 Å². The van der Waals surface area contributed by atoms with Gasteiger partial charge in [0.05, 0.1) is 24.2 Å². The van der Waals surface area contributed by atoms with Crippen LogP contribution in [-0.2, 0) is 0 Å². The Morgan fingerprint density at radius 2 is 1.91 bits per heavy atom. The van der Waals surface area contributed by atoms with Crippen LogP contribution in [-0.4, -0.2) is 81.7 Å². The van der Waals surface area contributed by atoms with E-state index in [2.05, 4.69) is 25.8 Å². The number of phenols is 1. The van der Waals surface area contributed by atoms with Gasteiger partial charge in [-0.05, 0) is 62.2 Å². The first-order valence-corrected chi connectivity index (χ1v) is 14.4. The SMILES string of the molecule is C#Cc1c(F)ccc2cc(O)cc(-c3ncc4c(N5CCCC(O)C5)nc(OC)nc4c3F)c12.FC1CC2CCCN2C1. The summed E-state index contributed by atoms with van der Waals surface area (Å²) in [4.78, 5) is 17.0. The molecule has 8 nitrogen and oxygen atoms in total. The van der Waals surface area contributed by atoms with Crippen LogP contribution >= 0.6 is 0 Å². The zero-order chi connectivity index (χ0) is 30.2. The van der Waals surface area contributed by atoms with E-state index in [-0.39, 0.29) is 39.5 Å². The van der Waals surface area contributed by atoms with Gasteiger partial charge in [-0.2, -0.15) is 9.97 Å². The second-order valence-electron chi connectivity index (χ2n) is 11.2. The molecule has 3 unspecified atom stereocenters. The first kappa shape index (κ1) is 29.0. The number of methoxy groups -OCH3 is 1. The summed E-state index contributed by atoms with van der Waals surface area (Å²) in [7, 11) is 1.38. The Hall–Kier alpha value is -4.14. The average Bonchev–Trinajstić information content (AvgIpc) is 3.58. The zero-order valence-corrected chi connectivity index (χ0v) is 23.7. The monoisotopic (exact) mass is 591 g/mol. The largest absolute Gasteiger partial charge is 0.508 e. The number of aromatic hydroxyl groups is 1. The third-order valence-electron chi connectivity index (χ3n) is 8.43. The van der Waals surface area contributed by atoms with E-state index in [4.69, 9.17) is 11.2 Å². The first-order chi connectivity index (χ1) is 20.8. The number of terminal acetylenes is 1. The number of ether oxygens (including phenoxy) is 1. The van der Waals surface area contributed by atoms with Crippen molar-refractivity contribution in [2.75, 3.05) is 38.2 Å². The predicted octanol–water partition coefficient (Wildman–Crippen LogP) is 4.97. The number of anilines is 1. The number of aliphatic hydroxyl groups is 1. The maximum Gasteiger partial charge on any atom is 0.318 e. The van der Waals surface area contributed by atoms with Crippen molar-refractivity contribution in [3.8, 4) is 35.4 Å². The number of halogens is 3. The minimum absolute atomic E-state index is 0.0465. The fourth-order valence-corrected chi connectivity index (χ4v) is 6.47. The van der Waals surface area contributed by atoms with E-state index in [1.807, 2.05) is 4.90 Å². The van der Waals surface area contributed by atoms with Gasteiger partial charge in [-0.3, -0.25) is 9.88 Å². The van der Waals surface area contributed by atoms with E-state index < -0.39 is 23.9 Å². The van der Waals surface area contributed by atoms with Crippen LogP contribution in [0.1, 0.15) is 37.7 Å². The predicted molar refractivity (Wildman–Crippen MR) is 158 cm³/mol. The number of β-amino-alcohol motifs (C(OH)–C–C–N with tert-alkyl or cyclic N) is 1. The Morgan fingerprint density at radius 1 is 1.09 bits per heavy atom. The lowest BCUT2D eigenvalue weighted by atomic mass is 9.96. The molecule has 0 aliphatic carbocycles. The standard InChI is InChI=1S/C25H20F2N4O3.C7H12FN/c1-3-16-19(26)7-6-13-9-15(33)10-17(20(13)16)22-21(27)23-18(11-28-22)24(30-25(29-23)34-2)31-8-4-5-14(32)12-31;8-6-4-7-2-1-3-9(7)5-6/h1,6-7,9-11,14,32-33H,4-5,8,12H2,2H3;6-7H,1-5H2. The zero-order valence-electron chi connectivity index (χ0n) is 23.7. The number of aromatic nitrogens is 3. The summed E-state index contributed by atoms with van der Waals surface area (Å²) in [6, 6.07) is 5.93. The molecule has 11 heteroatoms. The molecule has 0 spiro atoms. The topological polar surface area (TPSA) is 94.8 Å². The van der Waals surface area contributed by atoms with Gasteiger partial charge in [0.1, 0.15) is 34.8 Å². The number of benzene rings is 2. The first-order valence-electron chi connectivity index (χ1n) is 14.4. The molecule has 0 bridgehead atoms. The number of piperidine rings is 1. The van der Waals surface area contributed by atoms with Crippen molar-refractivity contribution in [3.05, 3.63) is 47.7 Å². The lowest BCUT2D eigenvalue weighted by Gasteiger charge is -2.31. The molecule has 3 saturated heterocycles. The highest BCUT2D eigenvalue weighted by molar-refractivity contribution is 6.03. The van der Waals surface area contributed by atoms with Crippen molar-refractivity contribution in [3.63, 3.8) is 0 Å². The molecule has 3 aliphatic rings. The minimum atomic E-state index is -0.795. The van der Waals surface area contributed by atoms with Crippen molar-refractivity contribution in [2.45, 2.75) is 50.4 Å². The van der Waals surface area contributed by atoms with Gasteiger partial charge in [0.15, 0.2) is 5.82 Å². The number of hydrogen-bond acceptors (Lipinski definition) is 8. The molecule has 3 aliphatic heterocycles. The molecule has 4 aromatic rings. The molecule has 2 N–H and O–H groups in total. The highest BCUT2D eigenvalue weighted by Gasteiger charge is 2.34. The van der Waals surface area contributed by atoms with Crippen molar-refractivity contribution >= 4 is 27.5 Å². The van der Waals surface area contributed by atoms with Crippen molar-refractivity contribution < 1.29 is 28.1 Å². The van der Waals surface area contributed by atoms with Gasteiger partial charge >= 0.3 is 6.01 Å². The number of alkyl halides is 1. The highest BCUT2D eigenvalue weighted by atomic mass is 19.1. The summed E-state index contributed by atoms with van der Waals surface area (Å²) in [5, 5.41) is 21.4. The van der Waals surface area contributed by atoms with E-state index in [1.165, 1.54) is 50.4 Å². The quantitative estimate of drug-likeness (QED) is 0.323. The van der Waals surface area contributed by atoms with E-state index in [0.29, 0.717) is 48.7 Å². The fourth-order valence-electron chi connectivity index (χ4n) is 6.47. The van der Waals surface area contributed by atoms with Crippen LogP contribution in [0.4, 0.5) is 19.0 Å². The van der Waals surface area contributed by atoms with Crippen LogP contribution < -0.4 is 9.64 Å². The average molecular weight is 592 g/mol. The summed E-state index contributed by atoms with van der Waals surface area (Å²) < 4.78 is 48.3. The number of aliphatic hydroxyl groups excluding tert-OH is 1. The van der Waals surface area contributed by atoms with E-state index in [1.54, 1.807) is 0 Å². The molecule has 43 heavy (non-hydrogen) atoms. The minimum Gasteiger partial charge on any atom is -0.508 e. The lowest BCUT2D eigenvalue weighted by molar-refractivity contribution is 0.154. The Bertz CT molecular complexity index is 1720. The molecule has 5 heterocycles. The Labute approximate surface area is 247 Å². The van der Waals surface area contributed by atoms with Crippen LogP contribution in [0.2, 0.25) is 0 Å². The van der Waals surface area contributed by atoms with Crippen molar-refractivity contribution in [2.24, 2.45) is 0 Å². The third-order valence-corrected chi connectivity index (χ3v) is 8.43. The normalized spacial score (nSPS) is 21.9. The van der Waals surface area contributed by atoms with Gasteiger partial charge in [0, 0.05) is 42.8 Å². The van der Waals surface area contributed by atoms with E-state index in [9.17, 15) is 19.0 Å². The van der Waals surface area contributed by atoms with Crippen LogP contribution in [0.25, 0.3) is 32.9 Å². The number of nitrogens with zero attached hydrogens (tertiary/aromatic N) is 5. The second-order valence-corrected chi connectivity index (χ2v) is 11.2. The summed E-state index contributed by atoms with van der Waals surface area (Å²) >= 11 is 0. The third kappa shape index (κ3) is 5.53. The Morgan fingerprint density at radius 3 is 2.65 bits per heavy atom. The highest BCUT2D eigenvalue weighted by Crippen LogP contribution is 2.39. The maximum atomic E-state index is 16.0. The van der Waals surface area contributed by atoms with Crippen LogP contribution in [0.15, 0.2) is 30.5 Å². The fraction of sp³-hybridized carbons (Fsp3) is 0.406. The Balaban J connectivity index is 0.000000310. The molecule has 7 rings (SSSR count). The molecule has 224 valence electrons. The second kappa shape index (κ2) is 11.9. The van der Waals surface area contributed by atoms with Gasteiger partial charge in [-0.1, -0.05) is 12.0 Å². The summed E-state index contributed by atoms with van der Waals surface area (Å²) in [6.45, 7) is 2.81. The number of pyridine rings is 1. The van der Waals surface area contributed by atoms with E-state index in [0.717, 1.165) is 19.4 Å². The van der Waals surface area contributed by atoms with Crippen LogP contribution in [0.3, 0.4) is 0 Å². The number of rotatable bonds is 3. The summed E-state index contributed by atoms with van der Waals surface area (Å²) in [5.74, 6) is 1.13. The van der Waals surface area contributed by atoms with E-state index >= 15 is 4.39 Å². The maximum absolute atomic E-state index is 16.0.